The van der Waals surface area contributed by atoms with E-state index in [4.69, 9.17) is 9.15 Å². The fraction of sp³-hybridized carbons (Fsp3) is 0.379. The summed E-state index contributed by atoms with van der Waals surface area (Å²) < 4.78 is 11.8. The van der Waals surface area contributed by atoms with E-state index in [2.05, 4.69) is 37.3 Å². The smallest absolute Gasteiger partial charge is 0.289 e. The number of fused-ring (bicyclic) bond motifs is 1. The first kappa shape index (κ1) is 24.6. The third-order valence-electron chi connectivity index (χ3n) is 6.67. The molecule has 35 heavy (non-hydrogen) atoms. The van der Waals surface area contributed by atoms with Crippen LogP contribution in [0.2, 0.25) is 0 Å². The Hall–Kier alpha value is -3.54. The lowest BCUT2D eigenvalue weighted by molar-refractivity contribution is -0.132. The number of hydrogen-bond acceptors (Lipinski definition) is 4. The Labute approximate surface area is 207 Å². The molecule has 184 valence electrons. The van der Waals surface area contributed by atoms with Gasteiger partial charge in [-0.3, -0.25) is 9.59 Å². The van der Waals surface area contributed by atoms with E-state index < -0.39 is 0 Å². The molecule has 0 saturated heterocycles. The zero-order valence-electron chi connectivity index (χ0n) is 21.0. The Balaban J connectivity index is 1.57. The number of nitrogens with zero attached hydrogens (tertiary/aromatic N) is 2. The molecule has 0 radical (unpaired) electrons. The monoisotopic (exact) mass is 474 g/mol. The van der Waals surface area contributed by atoms with Crippen molar-refractivity contribution in [1.82, 2.24) is 9.80 Å². The average Bonchev–Trinajstić information content (AvgIpc) is 3.36. The molecule has 1 aromatic heterocycles. The number of rotatable bonds is 8. The quantitative estimate of drug-likeness (QED) is 0.430. The second-order valence-corrected chi connectivity index (χ2v) is 8.90. The van der Waals surface area contributed by atoms with Crippen molar-refractivity contribution in [3.05, 3.63) is 88.4 Å². The third kappa shape index (κ3) is 5.26. The van der Waals surface area contributed by atoms with Crippen molar-refractivity contribution in [3.63, 3.8) is 0 Å². The van der Waals surface area contributed by atoms with Gasteiger partial charge >= 0.3 is 0 Å². The predicted molar refractivity (Wildman–Crippen MR) is 135 cm³/mol. The minimum atomic E-state index is -0.141. The Morgan fingerprint density at radius 2 is 1.77 bits per heavy atom. The normalized spacial score (nSPS) is 15.0. The maximum atomic E-state index is 12.8. The fourth-order valence-electron chi connectivity index (χ4n) is 4.65. The first-order valence-corrected chi connectivity index (χ1v) is 12.4. The Morgan fingerprint density at radius 1 is 1.03 bits per heavy atom. The molecule has 2 aromatic carbocycles. The minimum absolute atomic E-state index is 0.114. The van der Waals surface area contributed by atoms with Crippen molar-refractivity contribution in [2.45, 2.75) is 53.2 Å². The molecule has 0 spiro atoms. The SMILES string of the molecule is CCC(=O)N1CCc2ccc(OCc3ccc(C(=O)N(CC)CC)o3)cc2[C@@H]1c1ccc(C)cc1. The van der Waals surface area contributed by atoms with Gasteiger partial charge in [0.25, 0.3) is 5.91 Å². The van der Waals surface area contributed by atoms with E-state index >= 15 is 0 Å². The van der Waals surface area contributed by atoms with E-state index in [9.17, 15) is 9.59 Å². The molecule has 3 aromatic rings. The van der Waals surface area contributed by atoms with Gasteiger partial charge in [0.2, 0.25) is 5.91 Å². The van der Waals surface area contributed by atoms with Gasteiger partial charge in [0, 0.05) is 26.1 Å². The fourth-order valence-corrected chi connectivity index (χ4v) is 4.65. The molecule has 1 aliphatic rings. The van der Waals surface area contributed by atoms with Crippen LogP contribution in [0, 0.1) is 6.92 Å². The number of hydrogen-bond donors (Lipinski definition) is 0. The molecule has 6 nitrogen and oxygen atoms in total. The molecule has 6 heteroatoms. The molecule has 0 bridgehead atoms. The van der Waals surface area contributed by atoms with Crippen LogP contribution in [0.5, 0.6) is 5.75 Å². The molecule has 4 rings (SSSR count). The van der Waals surface area contributed by atoms with Crippen LogP contribution in [0.1, 0.15) is 71.8 Å². The van der Waals surface area contributed by atoms with E-state index in [-0.39, 0.29) is 24.5 Å². The second kappa shape index (κ2) is 10.8. The average molecular weight is 475 g/mol. The molecule has 1 aliphatic heterocycles. The summed E-state index contributed by atoms with van der Waals surface area (Å²) in [6, 6.07) is 17.8. The highest BCUT2D eigenvalue weighted by molar-refractivity contribution is 5.91. The van der Waals surface area contributed by atoms with Gasteiger partial charge in [-0.25, -0.2) is 0 Å². The largest absolute Gasteiger partial charge is 0.486 e. The molecule has 0 N–H and O–H groups in total. The maximum Gasteiger partial charge on any atom is 0.289 e. The van der Waals surface area contributed by atoms with Crippen LogP contribution in [0.4, 0.5) is 0 Å². The van der Waals surface area contributed by atoms with E-state index in [1.54, 1.807) is 17.0 Å². The standard InChI is InChI=1S/C29H34N2O4/c1-5-27(32)31-17-16-21-12-13-23(18-25(21)28(31)22-10-8-20(4)9-11-22)34-19-24-14-15-26(35-24)29(33)30(6-2)7-3/h8-15,18,28H,5-7,16-17,19H2,1-4H3/t28-/m0/s1. The summed E-state index contributed by atoms with van der Waals surface area (Å²) in [6.45, 7) is 10.1. The number of benzene rings is 2. The Kier molecular flexibility index (Phi) is 7.59. The molecule has 1 atom stereocenters. The lowest BCUT2D eigenvalue weighted by Gasteiger charge is -2.38. The van der Waals surface area contributed by atoms with Crippen LogP contribution in [-0.2, 0) is 17.8 Å². The highest BCUT2D eigenvalue weighted by Gasteiger charge is 2.31. The van der Waals surface area contributed by atoms with Gasteiger partial charge in [-0.05, 0) is 68.1 Å². The van der Waals surface area contributed by atoms with Gasteiger partial charge in [0.15, 0.2) is 5.76 Å². The van der Waals surface area contributed by atoms with Crippen LogP contribution < -0.4 is 4.74 Å². The molecular formula is C29H34N2O4. The lowest BCUT2D eigenvalue weighted by Crippen LogP contribution is -2.40. The zero-order valence-corrected chi connectivity index (χ0v) is 21.0. The molecule has 0 aliphatic carbocycles. The first-order chi connectivity index (χ1) is 16.9. The number of ether oxygens (including phenoxy) is 1. The summed E-state index contributed by atoms with van der Waals surface area (Å²) in [7, 11) is 0. The summed E-state index contributed by atoms with van der Waals surface area (Å²) in [6.07, 6.45) is 1.29. The number of carbonyl (C=O) groups excluding carboxylic acids is 2. The van der Waals surface area contributed by atoms with Crippen LogP contribution in [0.25, 0.3) is 0 Å². The molecular weight excluding hydrogens is 440 g/mol. The number of aryl methyl sites for hydroxylation is 1. The topological polar surface area (TPSA) is 63.0 Å². The van der Waals surface area contributed by atoms with E-state index in [0.717, 1.165) is 17.5 Å². The van der Waals surface area contributed by atoms with E-state index in [1.165, 1.54) is 11.1 Å². The molecule has 0 unspecified atom stereocenters. The second-order valence-electron chi connectivity index (χ2n) is 8.90. The van der Waals surface area contributed by atoms with Crippen LogP contribution in [0.15, 0.2) is 59.0 Å². The third-order valence-corrected chi connectivity index (χ3v) is 6.67. The van der Waals surface area contributed by atoms with Gasteiger partial charge < -0.3 is 19.0 Å². The van der Waals surface area contributed by atoms with Gasteiger partial charge in [0.05, 0.1) is 6.04 Å². The van der Waals surface area contributed by atoms with E-state index in [1.807, 2.05) is 37.8 Å². The highest BCUT2D eigenvalue weighted by atomic mass is 16.5. The summed E-state index contributed by atoms with van der Waals surface area (Å²) in [4.78, 5) is 29.0. The minimum Gasteiger partial charge on any atom is -0.486 e. The number of carbonyl (C=O) groups is 2. The van der Waals surface area contributed by atoms with Crippen molar-refractivity contribution in [3.8, 4) is 5.75 Å². The summed E-state index contributed by atoms with van der Waals surface area (Å²) >= 11 is 0. The van der Waals surface area contributed by atoms with Crippen molar-refractivity contribution in [2.24, 2.45) is 0 Å². The van der Waals surface area contributed by atoms with Gasteiger partial charge in [-0.2, -0.15) is 0 Å². The number of furan rings is 1. The van der Waals surface area contributed by atoms with Gasteiger partial charge in [-0.15, -0.1) is 0 Å². The van der Waals surface area contributed by atoms with Crippen LogP contribution in [-0.4, -0.2) is 41.2 Å². The Bertz CT molecular complexity index is 1180. The van der Waals surface area contributed by atoms with Crippen molar-refractivity contribution in [2.75, 3.05) is 19.6 Å². The molecule has 0 fully saturated rings. The maximum absolute atomic E-state index is 12.8. The molecule has 0 saturated carbocycles. The van der Waals surface area contributed by atoms with Crippen LogP contribution >= 0.6 is 0 Å². The number of amides is 2. The summed E-state index contributed by atoms with van der Waals surface area (Å²) in [5.41, 5.74) is 4.61. The van der Waals surface area contributed by atoms with Crippen LogP contribution in [0.3, 0.4) is 0 Å². The molecule has 2 amide bonds. The summed E-state index contributed by atoms with van der Waals surface area (Å²) in [5.74, 6) is 1.66. The van der Waals surface area contributed by atoms with Gasteiger partial charge in [-0.1, -0.05) is 42.8 Å². The zero-order chi connectivity index (χ0) is 24.9. The Morgan fingerprint density at radius 3 is 2.46 bits per heavy atom. The lowest BCUT2D eigenvalue weighted by atomic mass is 9.87. The van der Waals surface area contributed by atoms with Crippen molar-refractivity contribution < 1.29 is 18.7 Å². The predicted octanol–water partition coefficient (Wildman–Crippen LogP) is 5.53. The van der Waals surface area contributed by atoms with Crippen molar-refractivity contribution in [1.29, 1.82) is 0 Å². The van der Waals surface area contributed by atoms with Gasteiger partial charge in [0.1, 0.15) is 18.1 Å². The van der Waals surface area contributed by atoms with Crippen molar-refractivity contribution >= 4 is 11.8 Å². The first-order valence-electron chi connectivity index (χ1n) is 12.4. The molecule has 2 heterocycles. The highest BCUT2D eigenvalue weighted by Crippen LogP contribution is 2.37. The summed E-state index contributed by atoms with van der Waals surface area (Å²) in [5, 5.41) is 0. The van der Waals surface area contributed by atoms with E-state index in [0.29, 0.717) is 43.3 Å².